The molecular weight excluding hydrogens is 234 g/mol. The van der Waals surface area contributed by atoms with Gasteiger partial charge in [0, 0.05) is 12.6 Å². The molecule has 2 heteroatoms. The fourth-order valence-corrected chi connectivity index (χ4v) is 4.98. The van der Waals surface area contributed by atoms with Crippen LogP contribution in [0.1, 0.15) is 77.6 Å². The summed E-state index contributed by atoms with van der Waals surface area (Å²) >= 11 is 0. The largest absolute Gasteiger partial charge is 0.389 e. The van der Waals surface area contributed by atoms with Crippen LogP contribution in [-0.2, 0) is 0 Å². The highest BCUT2D eigenvalue weighted by Crippen LogP contribution is 2.51. The van der Waals surface area contributed by atoms with Crippen LogP contribution in [0.4, 0.5) is 0 Å². The molecule has 3 atom stereocenters. The normalized spacial score (nSPS) is 42.0. The fourth-order valence-electron chi connectivity index (χ4n) is 4.98. The Morgan fingerprint density at radius 3 is 2.42 bits per heavy atom. The van der Waals surface area contributed by atoms with E-state index in [1.807, 2.05) is 0 Å². The molecule has 0 heterocycles. The number of hydrogen-bond acceptors (Lipinski definition) is 2. The van der Waals surface area contributed by atoms with Gasteiger partial charge in [-0.15, -0.1) is 0 Å². The third kappa shape index (κ3) is 2.85. The molecule has 1 spiro atoms. The van der Waals surface area contributed by atoms with Gasteiger partial charge in [0.15, 0.2) is 0 Å². The molecule has 0 saturated heterocycles. The molecule has 19 heavy (non-hydrogen) atoms. The SMILES string of the molecule is CC1CCCC(O)(CNC2CCC23CCCCC3)C1. The van der Waals surface area contributed by atoms with Gasteiger partial charge in [-0.3, -0.25) is 0 Å². The van der Waals surface area contributed by atoms with E-state index in [4.69, 9.17) is 0 Å². The van der Waals surface area contributed by atoms with Gasteiger partial charge in [-0.1, -0.05) is 39.0 Å². The second-order valence-corrected chi connectivity index (χ2v) is 7.82. The highest BCUT2D eigenvalue weighted by Gasteiger charge is 2.47. The molecule has 3 unspecified atom stereocenters. The van der Waals surface area contributed by atoms with Gasteiger partial charge in [-0.25, -0.2) is 0 Å². The van der Waals surface area contributed by atoms with Crippen LogP contribution in [0.15, 0.2) is 0 Å². The first kappa shape index (κ1) is 13.9. The number of nitrogens with one attached hydrogen (secondary N) is 1. The second-order valence-electron chi connectivity index (χ2n) is 7.82. The minimum absolute atomic E-state index is 0.414. The first-order valence-corrected chi connectivity index (χ1v) is 8.58. The molecule has 0 aromatic rings. The van der Waals surface area contributed by atoms with Crippen LogP contribution < -0.4 is 5.32 Å². The molecule has 0 aromatic heterocycles. The molecule has 0 aliphatic heterocycles. The maximum Gasteiger partial charge on any atom is 0.0774 e. The Kier molecular flexibility index (Phi) is 3.92. The first-order chi connectivity index (χ1) is 9.12. The Labute approximate surface area is 118 Å². The standard InChI is InChI=1S/C17H31NO/c1-14-6-5-10-17(19,12-14)13-18-15-7-11-16(15)8-3-2-4-9-16/h14-15,18-19H,2-13H2,1H3. The zero-order chi connectivity index (χ0) is 13.3. The molecule has 3 fully saturated rings. The van der Waals surface area contributed by atoms with Gasteiger partial charge in [0.2, 0.25) is 0 Å². The lowest BCUT2D eigenvalue weighted by Crippen LogP contribution is -2.58. The molecule has 0 radical (unpaired) electrons. The van der Waals surface area contributed by atoms with E-state index in [1.54, 1.807) is 0 Å². The van der Waals surface area contributed by atoms with Crippen molar-refractivity contribution in [3.05, 3.63) is 0 Å². The van der Waals surface area contributed by atoms with Crippen LogP contribution in [0, 0.1) is 11.3 Å². The molecule has 3 aliphatic carbocycles. The molecule has 0 aromatic carbocycles. The van der Waals surface area contributed by atoms with E-state index < -0.39 is 5.60 Å². The van der Waals surface area contributed by atoms with Crippen LogP contribution in [0.25, 0.3) is 0 Å². The van der Waals surface area contributed by atoms with E-state index in [1.165, 1.54) is 57.8 Å². The Hall–Kier alpha value is -0.0800. The maximum absolute atomic E-state index is 10.7. The minimum Gasteiger partial charge on any atom is -0.389 e. The molecule has 0 bridgehead atoms. The Bertz CT molecular complexity index is 310. The fraction of sp³-hybridized carbons (Fsp3) is 1.00. The Balaban J connectivity index is 1.51. The third-order valence-electron chi connectivity index (χ3n) is 6.26. The summed E-state index contributed by atoms with van der Waals surface area (Å²) in [5, 5.41) is 14.5. The third-order valence-corrected chi connectivity index (χ3v) is 6.26. The van der Waals surface area contributed by atoms with Crippen LogP contribution in [-0.4, -0.2) is 23.3 Å². The minimum atomic E-state index is -0.414. The summed E-state index contributed by atoms with van der Waals surface area (Å²) in [5.74, 6) is 0.700. The average Bonchev–Trinajstić information content (AvgIpc) is 2.38. The Morgan fingerprint density at radius 2 is 1.79 bits per heavy atom. The van der Waals surface area contributed by atoms with Crippen molar-refractivity contribution >= 4 is 0 Å². The molecule has 3 saturated carbocycles. The molecule has 2 nitrogen and oxygen atoms in total. The molecule has 2 N–H and O–H groups in total. The summed E-state index contributed by atoms with van der Waals surface area (Å²) in [4.78, 5) is 0. The van der Waals surface area contributed by atoms with E-state index in [9.17, 15) is 5.11 Å². The van der Waals surface area contributed by atoms with E-state index in [0.29, 0.717) is 17.4 Å². The lowest BCUT2D eigenvalue weighted by atomic mass is 9.57. The zero-order valence-corrected chi connectivity index (χ0v) is 12.6. The van der Waals surface area contributed by atoms with E-state index in [-0.39, 0.29) is 0 Å². The van der Waals surface area contributed by atoms with Crippen molar-refractivity contribution in [2.45, 2.75) is 89.2 Å². The second kappa shape index (κ2) is 5.37. The highest BCUT2D eigenvalue weighted by molar-refractivity contribution is 5.02. The molecular formula is C17H31NO. The van der Waals surface area contributed by atoms with Crippen molar-refractivity contribution in [3.63, 3.8) is 0 Å². The van der Waals surface area contributed by atoms with Crippen molar-refractivity contribution in [1.82, 2.24) is 5.32 Å². The van der Waals surface area contributed by atoms with Gasteiger partial charge in [0.25, 0.3) is 0 Å². The van der Waals surface area contributed by atoms with Gasteiger partial charge >= 0.3 is 0 Å². The smallest absolute Gasteiger partial charge is 0.0774 e. The monoisotopic (exact) mass is 265 g/mol. The van der Waals surface area contributed by atoms with Gasteiger partial charge in [-0.05, 0) is 49.9 Å². The van der Waals surface area contributed by atoms with Crippen molar-refractivity contribution in [2.75, 3.05) is 6.54 Å². The lowest BCUT2D eigenvalue weighted by molar-refractivity contribution is -0.0354. The van der Waals surface area contributed by atoms with Crippen molar-refractivity contribution in [2.24, 2.45) is 11.3 Å². The Morgan fingerprint density at radius 1 is 1.00 bits per heavy atom. The molecule has 3 rings (SSSR count). The summed E-state index contributed by atoms with van der Waals surface area (Å²) < 4.78 is 0. The van der Waals surface area contributed by atoms with Gasteiger partial charge in [0.1, 0.15) is 0 Å². The van der Waals surface area contributed by atoms with Crippen LogP contribution in [0.5, 0.6) is 0 Å². The van der Waals surface area contributed by atoms with Crippen molar-refractivity contribution in [3.8, 4) is 0 Å². The first-order valence-electron chi connectivity index (χ1n) is 8.58. The van der Waals surface area contributed by atoms with Gasteiger partial charge in [0.05, 0.1) is 5.60 Å². The maximum atomic E-state index is 10.7. The topological polar surface area (TPSA) is 32.3 Å². The number of aliphatic hydroxyl groups is 1. The summed E-state index contributed by atoms with van der Waals surface area (Å²) in [6.07, 6.45) is 14.4. The summed E-state index contributed by atoms with van der Waals surface area (Å²) in [7, 11) is 0. The summed E-state index contributed by atoms with van der Waals surface area (Å²) in [6.45, 7) is 3.12. The van der Waals surface area contributed by atoms with Crippen LogP contribution in [0.3, 0.4) is 0 Å². The van der Waals surface area contributed by atoms with Crippen LogP contribution >= 0.6 is 0 Å². The van der Waals surface area contributed by atoms with Gasteiger partial charge < -0.3 is 10.4 Å². The van der Waals surface area contributed by atoms with E-state index in [2.05, 4.69) is 12.2 Å². The number of rotatable bonds is 3. The lowest BCUT2D eigenvalue weighted by Gasteiger charge is -2.53. The van der Waals surface area contributed by atoms with Crippen molar-refractivity contribution in [1.29, 1.82) is 0 Å². The predicted molar refractivity (Wildman–Crippen MR) is 79.1 cm³/mol. The average molecular weight is 265 g/mol. The van der Waals surface area contributed by atoms with E-state index >= 15 is 0 Å². The van der Waals surface area contributed by atoms with Gasteiger partial charge in [-0.2, -0.15) is 0 Å². The van der Waals surface area contributed by atoms with Crippen molar-refractivity contribution < 1.29 is 5.11 Å². The summed E-state index contributed by atoms with van der Waals surface area (Å²) in [5.41, 5.74) is 0.206. The number of hydrogen-bond donors (Lipinski definition) is 2. The molecule has 0 amide bonds. The molecule has 3 aliphatic rings. The zero-order valence-electron chi connectivity index (χ0n) is 12.6. The molecule has 110 valence electrons. The van der Waals surface area contributed by atoms with Crippen LogP contribution in [0.2, 0.25) is 0 Å². The predicted octanol–water partition coefficient (Wildman–Crippen LogP) is 3.63. The van der Waals surface area contributed by atoms with E-state index in [0.717, 1.165) is 19.4 Å². The highest BCUT2D eigenvalue weighted by atomic mass is 16.3. The summed E-state index contributed by atoms with van der Waals surface area (Å²) in [6, 6.07) is 0.703. The quantitative estimate of drug-likeness (QED) is 0.816.